The van der Waals surface area contributed by atoms with Crippen LogP contribution in [0.2, 0.25) is 0 Å². The number of carbonyl (C=O) groups is 1. The van der Waals surface area contributed by atoms with Crippen LogP contribution in [0.15, 0.2) is 12.1 Å². The van der Waals surface area contributed by atoms with Crippen molar-refractivity contribution in [1.82, 2.24) is 4.98 Å². The topological polar surface area (TPSA) is 59.4 Å². The van der Waals surface area contributed by atoms with Gasteiger partial charge in [-0.15, -0.1) is 0 Å². The van der Waals surface area contributed by atoms with E-state index in [1.54, 1.807) is 12.1 Å². The van der Waals surface area contributed by atoms with Gasteiger partial charge in [-0.25, -0.2) is 9.78 Å². The van der Waals surface area contributed by atoms with Crippen LogP contribution in [0.25, 0.3) is 0 Å². The van der Waals surface area contributed by atoms with Gasteiger partial charge in [0.15, 0.2) is 0 Å². The van der Waals surface area contributed by atoms with E-state index in [2.05, 4.69) is 4.98 Å². The van der Waals surface area contributed by atoms with Crippen LogP contribution in [0.1, 0.15) is 34.8 Å². The summed E-state index contributed by atoms with van der Waals surface area (Å²) in [5, 5.41) is 8.93. The molecule has 0 radical (unpaired) electrons. The third-order valence-corrected chi connectivity index (χ3v) is 2.30. The van der Waals surface area contributed by atoms with Gasteiger partial charge in [-0.05, 0) is 18.9 Å². The molecule has 0 unspecified atom stereocenters. The molecule has 0 atom stereocenters. The largest absolute Gasteiger partial charge is 0.481 e. The molecular weight excluding hydrogens is 182 g/mol. The molecule has 0 saturated heterocycles. The zero-order chi connectivity index (χ0) is 10.1. The minimum atomic E-state index is -0.915. The lowest BCUT2D eigenvalue weighted by Crippen LogP contribution is -2.04. The number of carboxylic acid groups (broad SMARTS) is 1. The van der Waals surface area contributed by atoms with E-state index in [-0.39, 0.29) is 0 Å². The standard InChI is InChI=1S/C10H11NO3/c1-14-8-5-4-7(10(12)13)9(11-8)6-2-3-6/h4-6H,2-3H2,1H3,(H,12,13). The van der Waals surface area contributed by atoms with Gasteiger partial charge < -0.3 is 9.84 Å². The fraction of sp³-hybridized carbons (Fsp3) is 0.400. The molecule has 0 aliphatic heterocycles. The van der Waals surface area contributed by atoms with Crippen LogP contribution in [0.5, 0.6) is 5.88 Å². The Morgan fingerprint density at radius 3 is 2.79 bits per heavy atom. The van der Waals surface area contributed by atoms with Crippen LogP contribution < -0.4 is 4.74 Å². The second-order valence-electron chi connectivity index (χ2n) is 3.37. The van der Waals surface area contributed by atoms with E-state index < -0.39 is 5.97 Å². The van der Waals surface area contributed by atoms with E-state index in [0.717, 1.165) is 12.8 Å². The van der Waals surface area contributed by atoms with Gasteiger partial charge in [0.1, 0.15) is 0 Å². The minimum absolute atomic E-state index is 0.299. The number of hydrogen-bond donors (Lipinski definition) is 1. The van der Waals surface area contributed by atoms with Gasteiger partial charge in [0, 0.05) is 12.0 Å². The van der Waals surface area contributed by atoms with E-state index in [1.165, 1.54) is 7.11 Å². The fourth-order valence-corrected chi connectivity index (χ4v) is 1.42. The number of carboxylic acids is 1. The first-order chi connectivity index (χ1) is 6.72. The molecule has 0 spiro atoms. The molecule has 1 saturated carbocycles. The number of ether oxygens (including phenoxy) is 1. The second kappa shape index (κ2) is 3.29. The molecular formula is C10H11NO3. The van der Waals surface area contributed by atoms with Crippen LogP contribution >= 0.6 is 0 Å². The lowest BCUT2D eigenvalue weighted by molar-refractivity contribution is 0.0695. The minimum Gasteiger partial charge on any atom is -0.481 e. The molecule has 2 rings (SSSR count). The molecule has 14 heavy (non-hydrogen) atoms. The van der Waals surface area contributed by atoms with Crippen LogP contribution in [-0.4, -0.2) is 23.2 Å². The molecule has 4 heteroatoms. The monoisotopic (exact) mass is 193 g/mol. The highest BCUT2D eigenvalue weighted by Gasteiger charge is 2.30. The third kappa shape index (κ3) is 1.55. The first-order valence-corrected chi connectivity index (χ1v) is 4.50. The van der Waals surface area contributed by atoms with Crippen molar-refractivity contribution in [2.45, 2.75) is 18.8 Å². The highest BCUT2D eigenvalue weighted by Crippen LogP contribution is 2.41. The maximum atomic E-state index is 10.9. The lowest BCUT2D eigenvalue weighted by Gasteiger charge is -2.05. The zero-order valence-corrected chi connectivity index (χ0v) is 7.86. The summed E-state index contributed by atoms with van der Waals surface area (Å²) in [5.41, 5.74) is 0.963. The van der Waals surface area contributed by atoms with Crippen LogP contribution in [0, 0.1) is 0 Å². The molecule has 1 heterocycles. The van der Waals surface area contributed by atoms with Crippen LogP contribution in [0.3, 0.4) is 0 Å². The highest BCUT2D eigenvalue weighted by molar-refractivity contribution is 5.89. The number of methoxy groups -OCH3 is 1. The number of nitrogens with zero attached hydrogens (tertiary/aromatic N) is 1. The van der Waals surface area contributed by atoms with Crippen molar-refractivity contribution in [3.63, 3.8) is 0 Å². The van der Waals surface area contributed by atoms with Crippen molar-refractivity contribution < 1.29 is 14.6 Å². The van der Waals surface area contributed by atoms with E-state index in [4.69, 9.17) is 9.84 Å². The van der Waals surface area contributed by atoms with Crippen molar-refractivity contribution in [2.75, 3.05) is 7.11 Å². The van der Waals surface area contributed by atoms with Crippen LogP contribution in [-0.2, 0) is 0 Å². The number of aromatic nitrogens is 1. The maximum absolute atomic E-state index is 10.9. The van der Waals surface area contributed by atoms with Crippen LogP contribution in [0.4, 0.5) is 0 Å². The van der Waals surface area contributed by atoms with Gasteiger partial charge in [0.25, 0.3) is 0 Å². The van der Waals surface area contributed by atoms with Crippen molar-refractivity contribution in [3.05, 3.63) is 23.4 Å². The molecule has 0 aromatic carbocycles. The van der Waals surface area contributed by atoms with Gasteiger partial charge >= 0.3 is 5.97 Å². The summed E-state index contributed by atoms with van der Waals surface area (Å²) in [4.78, 5) is 15.0. The molecule has 1 N–H and O–H groups in total. The molecule has 1 aliphatic rings. The van der Waals surface area contributed by atoms with E-state index in [0.29, 0.717) is 23.1 Å². The molecule has 4 nitrogen and oxygen atoms in total. The van der Waals surface area contributed by atoms with Crippen molar-refractivity contribution in [1.29, 1.82) is 0 Å². The number of aromatic carboxylic acids is 1. The number of pyridine rings is 1. The Morgan fingerprint density at radius 1 is 1.57 bits per heavy atom. The quantitative estimate of drug-likeness (QED) is 0.793. The van der Waals surface area contributed by atoms with Crippen molar-refractivity contribution >= 4 is 5.97 Å². The average molecular weight is 193 g/mol. The second-order valence-corrected chi connectivity index (χ2v) is 3.37. The first-order valence-electron chi connectivity index (χ1n) is 4.50. The highest BCUT2D eigenvalue weighted by atomic mass is 16.5. The normalized spacial score (nSPS) is 15.2. The SMILES string of the molecule is COc1ccc(C(=O)O)c(C2CC2)n1. The van der Waals surface area contributed by atoms with Gasteiger partial charge in [0.05, 0.1) is 18.4 Å². The van der Waals surface area contributed by atoms with Crippen molar-refractivity contribution in [3.8, 4) is 5.88 Å². The van der Waals surface area contributed by atoms with Crippen molar-refractivity contribution in [2.24, 2.45) is 0 Å². The van der Waals surface area contributed by atoms with E-state index >= 15 is 0 Å². The Morgan fingerprint density at radius 2 is 2.29 bits per heavy atom. The van der Waals surface area contributed by atoms with Gasteiger partial charge in [-0.1, -0.05) is 0 Å². The Bertz CT molecular complexity index is 372. The Kier molecular flexibility index (Phi) is 2.11. The summed E-state index contributed by atoms with van der Waals surface area (Å²) in [6, 6.07) is 3.14. The zero-order valence-electron chi connectivity index (χ0n) is 7.86. The number of rotatable bonds is 3. The summed E-state index contributed by atoms with van der Waals surface area (Å²) in [7, 11) is 1.53. The number of hydrogen-bond acceptors (Lipinski definition) is 3. The van der Waals surface area contributed by atoms with Gasteiger partial charge in [-0.2, -0.15) is 0 Å². The van der Waals surface area contributed by atoms with E-state index in [1.807, 2.05) is 0 Å². The summed E-state index contributed by atoms with van der Waals surface area (Å²) < 4.78 is 4.96. The summed E-state index contributed by atoms with van der Waals surface area (Å²) in [6.45, 7) is 0. The molecule has 1 aromatic heterocycles. The molecule has 1 fully saturated rings. The average Bonchev–Trinajstić information content (AvgIpc) is 3.00. The predicted molar refractivity (Wildman–Crippen MR) is 49.7 cm³/mol. The molecule has 1 aromatic rings. The Labute approximate surface area is 81.5 Å². The Balaban J connectivity index is 2.43. The molecule has 1 aliphatic carbocycles. The molecule has 0 amide bonds. The summed E-state index contributed by atoms with van der Waals surface area (Å²) in [5.74, 6) is -0.116. The summed E-state index contributed by atoms with van der Waals surface area (Å²) >= 11 is 0. The Hall–Kier alpha value is -1.58. The third-order valence-electron chi connectivity index (χ3n) is 2.30. The molecule has 74 valence electrons. The lowest BCUT2D eigenvalue weighted by atomic mass is 10.1. The predicted octanol–water partition coefficient (Wildman–Crippen LogP) is 1.67. The smallest absolute Gasteiger partial charge is 0.337 e. The molecule has 0 bridgehead atoms. The van der Waals surface area contributed by atoms with E-state index in [9.17, 15) is 4.79 Å². The fourth-order valence-electron chi connectivity index (χ4n) is 1.42. The van der Waals surface area contributed by atoms with Gasteiger partial charge in [0.2, 0.25) is 5.88 Å². The van der Waals surface area contributed by atoms with Gasteiger partial charge in [-0.3, -0.25) is 0 Å². The first kappa shape index (κ1) is 8.99. The maximum Gasteiger partial charge on any atom is 0.337 e. The summed E-state index contributed by atoms with van der Waals surface area (Å²) in [6.07, 6.45) is 2.06.